The summed E-state index contributed by atoms with van der Waals surface area (Å²) in [7, 11) is 0. The van der Waals surface area contributed by atoms with Crippen LogP contribution in [-0.2, 0) is 15.1 Å². The van der Waals surface area contributed by atoms with E-state index in [9.17, 15) is 9.90 Å². The van der Waals surface area contributed by atoms with Crippen LogP contribution in [0.15, 0.2) is 47.5 Å². The number of rotatable bonds is 3. The van der Waals surface area contributed by atoms with Crippen molar-refractivity contribution >= 4 is 28.9 Å². The average molecular weight is 335 g/mol. The standard InChI is InChI=1S/C17H15ClO3S/c1-10-6-15(22-9-10)17(20,12-4-3-5-13(18)8-12)14-7-11(2)21-16(14)19/h3-9,14,20H,1-2H3. The fourth-order valence-electron chi connectivity index (χ4n) is 2.68. The Bertz CT molecular complexity index is 765. The molecule has 22 heavy (non-hydrogen) atoms. The average Bonchev–Trinajstić information content (AvgIpc) is 3.04. The Labute approximate surface area is 137 Å². The number of aliphatic hydroxyl groups is 1. The Hall–Kier alpha value is -1.62. The number of thiophene rings is 1. The van der Waals surface area contributed by atoms with Crippen LogP contribution >= 0.6 is 22.9 Å². The predicted octanol–water partition coefficient (Wildman–Crippen LogP) is 4.02. The maximum Gasteiger partial charge on any atom is 0.321 e. The zero-order chi connectivity index (χ0) is 15.9. The molecule has 0 bridgehead atoms. The van der Waals surface area contributed by atoms with Crippen LogP contribution in [-0.4, -0.2) is 11.1 Å². The Morgan fingerprint density at radius 2 is 2.09 bits per heavy atom. The number of hydrogen-bond acceptors (Lipinski definition) is 4. The minimum absolute atomic E-state index is 0.453. The number of carbonyl (C=O) groups excluding carboxylic acids is 1. The van der Waals surface area contributed by atoms with Gasteiger partial charge in [-0.1, -0.05) is 23.7 Å². The summed E-state index contributed by atoms with van der Waals surface area (Å²) in [5, 5.41) is 13.9. The molecule has 0 saturated carbocycles. The number of halogens is 1. The van der Waals surface area contributed by atoms with Gasteiger partial charge < -0.3 is 9.84 Å². The topological polar surface area (TPSA) is 46.5 Å². The van der Waals surface area contributed by atoms with Gasteiger partial charge in [-0.15, -0.1) is 11.3 Å². The van der Waals surface area contributed by atoms with Gasteiger partial charge in [-0.25, -0.2) is 0 Å². The lowest BCUT2D eigenvalue weighted by molar-refractivity contribution is -0.145. The summed E-state index contributed by atoms with van der Waals surface area (Å²) in [6.45, 7) is 3.66. The summed E-state index contributed by atoms with van der Waals surface area (Å²) < 4.78 is 5.13. The molecule has 0 radical (unpaired) electrons. The second kappa shape index (κ2) is 5.54. The van der Waals surface area contributed by atoms with Crippen molar-refractivity contribution in [1.82, 2.24) is 0 Å². The summed E-state index contributed by atoms with van der Waals surface area (Å²) in [5.41, 5.74) is 0.126. The molecule has 0 spiro atoms. The summed E-state index contributed by atoms with van der Waals surface area (Å²) in [6, 6.07) is 8.85. The summed E-state index contributed by atoms with van der Waals surface area (Å²) in [4.78, 5) is 12.9. The zero-order valence-electron chi connectivity index (χ0n) is 12.2. The highest BCUT2D eigenvalue weighted by Crippen LogP contribution is 2.44. The number of allylic oxidation sites excluding steroid dienone is 1. The van der Waals surface area contributed by atoms with Crippen molar-refractivity contribution in [1.29, 1.82) is 0 Å². The second-order valence-corrected chi connectivity index (χ2v) is 6.79. The minimum Gasteiger partial charge on any atom is -0.431 e. The third-order valence-electron chi connectivity index (χ3n) is 3.74. The first-order chi connectivity index (χ1) is 10.4. The van der Waals surface area contributed by atoms with Gasteiger partial charge >= 0.3 is 5.97 Å². The van der Waals surface area contributed by atoms with Crippen LogP contribution in [0.5, 0.6) is 0 Å². The molecule has 114 valence electrons. The largest absolute Gasteiger partial charge is 0.431 e. The van der Waals surface area contributed by atoms with Gasteiger partial charge in [0, 0.05) is 9.90 Å². The first-order valence-electron chi connectivity index (χ1n) is 6.85. The van der Waals surface area contributed by atoms with Gasteiger partial charge in [0.2, 0.25) is 0 Å². The molecule has 1 aliphatic rings. The van der Waals surface area contributed by atoms with E-state index in [2.05, 4.69) is 0 Å². The SMILES string of the molecule is CC1=CC(C(O)(c2cccc(Cl)c2)c2cc(C)cs2)C(=O)O1. The molecule has 0 aliphatic carbocycles. The third kappa shape index (κ3) is 2.47. The highest BCUT2D eigenvalue weighted by Gasteiger charge is 2.48. The lowest BCUT2D eigenvalue weighted by atomic mass is 9.80. The van der Waals surface area contributed by atoms with Crippen LogP contribution in [0.3, 0.4) is 0 Å². The minimum atomic E-state index is -1.49. The van der Waals surface area contributed by atoms with Gasteiger partial charge in [0.05, 0.1) is 0 Å². The molecule has 1 aromatic carbocycles. The molecule has 2 aromatic rings. The van der Waals surface area contributed by atoms with Crippen LogP contribution in [0.2, 0.25) is 5.02 Å². The molecule has 2 heterocycles. The van der Waals surface area contributed by atoms with Crippen molar-refractivity contribution in [2.24, 2.45) is 5.92 Å². The lowest BCUT2D eigenvalue weighted by Gasteiger charge is -2.31. The van der Waals surface area contributed by atoms with E-state index in [0.29, 0.717) is 21.2 Å². The molecule has 3 rings (SSSR count). The van der Waals surface area contributed by atoms with Crippen molar-refractivity contribution < 1.29 is 14.6 Å². The number of hydrogen-bond donors (Lipinski definition) is 1. The molecule has 3 nitrogen and oxygen atoms in total. The highest BCUT2D eigenvalue weighted by atomic mass is 35.5. The van der Waals surface area contributed by atoms with Gasteiger partial charge in [-0.3, -0.25) is 4.79 Å². The van der Waals surface area contributed by atoms with Crippen molar-refractivity contribution in [3.05, 3.63) is 68.6 Å². The summed E-state index contributed by atoms with van der Waals surface area (Å²) in [5.74, 6) is -0.737. The van der Waals surface area contributed by atoms with E-state index in [0.717, 1.165) is 5.56 Å². The van der Waals surface area contributed by atoms with Crippen LogP contribution in [0.4, 0.5) is 0 Å². The van der Waals surface area contributed by atoms with Crippen molar-refractivity contribution in [2.45, 2.75) is 19.4 Å². The van der Waals surface area contributed by atoms with E-state index in [4.69, 9.17) is 16.3 Å². The normalized spacial score (nSPS) is 20.5. The molecule has 2 atom stereocenters. The van der Waals surface area contributed by atoms with E-state index in [-0.39, 0.29) is 0 Å². The molecule has 2 unspecified atom stereocenters. The predicted molar refractivity (Wildman–Crippen MR) is 86.8 cm³/mol. The van der Waals surface area contributed by atoms with Crippen LogP contribution < -0.4 is 0 Å². The first-order valence-corrected chi connectivity index (χ1v) is 8.11. The van der Waals surface area contributed by atoms with Crippen LogP contribution in [0.25, 0.3) is 0 Å². The Balaban J connectivity index is 2.20. The highest BCUT2D eigenvalue weighted by molar-refractivity contribution is 7.10. The number of carbonyl (C=O) groups is 1. The third-order valence-corrected chi connectivity index (χ3v) is 5.15. The van der Waals surface area contributed by atoms with E-state index < -0.39 is 17.5 Å². The Morgan fingerprint density at radius 3 is 2.64 bits per heavy atom. The molecule has 0 fully saturated rings. The Morgan fingerprint density at radius 1 is 1.32 bits per heavy atom. The second-order valence-electron chi connectivity index (χ2n) is 5.44. The smallest absolute Gasteiger partial charge is 0.321 e. The number of ether oxygens (including phenoxy) is 1. The number of esters is 1. The monoisotopic (exact) mass is 334 g/mol. The molecule has 5 heteroatoms. The molecule has 0 amide bonds. The van der Waals surface area contributed by atoms with Gasteiger partial charge in [0.15, 0.2) is 0 Å². The maximum atomic E-state index is 12.2. The van der Waals surface area contributed by atoms with Gasteiger partial charge in [0.25, 0.3) is 0 Å². The lowest BCUT2D eigenvalue weighted by Crippen LogP contribution is -2.38. The summed E-state index contributed by atoms with van der Waals surface area (Å²) in [6.07, 6.45) is 1.66. The number of cyclic esters (lactones) is 1. The Kier molecular flexibility index (Phi) is 3.85. The van der Waals surface area contributed by atoms with Gasteiger partial charge in [0.1, 0.15) is 17.3 Å². The van der Waals surface area contributed by atoms with E-state index in [1.165, 1.54) is 11.3 Å². The first kappa shape index (κ1) is 15.3. The van der Waals surface area contributed by atoms with Crippen LogP contribution in [0, 0.1) is 12.8 Å². The molecular formula is C17H15ClO3S. The fraction of sp³-hybridized carbons (Fsp3) is 0.235. The molecule has 0 saturated heterocycles. The maximum absolute atomic E-state index is 12.2. The van der Waals surface area contributed by atoms with Gasteiger partial charge in [-0.05, 0) is 54.6 Å². The summed E-state index contributed by atoms with van der Waals surface area (Å²) >= 11 is 7.49. The van der Waals surface area contributed by atoms with Crippen molar-refractivity contribution in [3.63, 3.8) is 0 Å². The van der Waals surface area contributed by atoms with E-state index in [1.54, 1.807) is 37.3 Å². The molecule has 1 aromatic heterocycles. The molecular weight excluding hydrogens is 320 g/mol. The number of benzene rings is 1. The molecule has 1 aliphatic heterocycles. The van der Waals surface area contributed by atoms with Crippen molar-refractivity contribution in [2.75, 3.05) is 0 Å². The quantitative estimate of drug-likeness (QED) is 0.862. The van der Waals surface area contributed by atoms with Gasteiger partial charge in [-0.2, -0.15) is 0 Å². The fourth-order valence-corrected chi connectivity index (χ4v) is 3.93. The van der Waals surface area contributed by atoms with E-state index >= 15 is 0 Å². The zero-order valence-corrected chi connectivity index (χ0v) is 13.7. The van der Waals surface area contributed by atoms with Crippen LogP contribution in [0.1, 0.15) is 22.9 Å². The van der Waals surface area contributed by atoms with E-state index in [1.807, 2.05) is 18.4 Å². The number of aryl methyl sites for hydroxylation is 1. The van der Waals surface area contributed by atoms with Crippen molar-refractivity contribution in [3.8, 4) is 0 Å². The molecule has 1 N–H and O–H groups in total.